The van der Waals surface area contributed by atoms with Crippen LogP contribution in [0.5, 0.6) is 5.75 Å². The molecule has 1 unspecified atom stereocenters. The summed E-state index contributed by atoms with van der Waals surface area (Å²) in [6, 6.07) is 6.37. The lowest BCUT2D eigenvalue weighted by atomic mass is 10.1. The molecule has 1 aromatic rings. The number of aryl methyl sites for hydroxylation is 1. The smallest absolute Gasteiger partial charge is 0.238 e. The average Bonchev–Trinajstić information content (AvgIpc) is 3.02. The van der Waals surface area contributed by atoms with Crippen molar-refractivity contribution >= 4 is 11.6 Å². The molecule has 1 amide bonds. The summed E-state index contributed by atoms with van der Waals surface area (Å²) < 4.78 is 5.36. The Bertz CT molecular complexity index is 584. The Morgan fingerprint density at radius 3 is 2.76 bits per heavy atom. The van der Waals surface area contributed by atoms with Gasteiger partial charge < -0.3 is 15.0 Å². The first-order chi connectivity index (χ1) is 12.2. The van der Waals surface area contributed by atoms with Crippen molar-refractivity contribution in [3.63, 3.8) is 0 Å². The van der Waals surface area contributed by atoms with Crippen LogP contribution in [0.3, 0.4) is 0 Å². The molecule has 2 fully saturated rings. The van der Waals surface area contributed by atoms with Crippen LogP contribution in [-0.2, 0) is 4.79 Å². The molecule has 0 aliphatic carbocycles. The zero-order valence-corrected chi connectivity index (χ0v) is 15.6. The van der Waals surface area contributed by atoms with Crippen molar-refractivity contribution < 1.29 is 9.53 Å². The van der Waals surface area contributed by atoms with Crippen LogP contribution < -0.4 is 10.1 Å². The Morgan fingerprint density at radius 1 is 1.20 bits per heavy atom. The second-order valence-corrected chi connectivity index (χ2v) is 7.38. The summed E-state index contributed by atoms with van der Waals surface area (Å²) in [6.07, 6.45) is 6.41. The van der Waals surface area contributed by atoms with Crippen molar-refractivity contribution in [2.75, 3.05) is 45.2 Å². The highest BCUT2D eigenvalue weighted by Crippen LogP contribution is 2.26. The van der Waals surface area contributed by atoms with Crippen LogP contribution in [0.25, 0.3) is 0 Å². The Labute approximate surface area is 151 Å². The molecular formula is C20H31N3O2. The predicted octanol–water partition coefficient (Wildman–Crippen LogP) is 2.89. The van der Waals surface area contributed by atoms with Gasteiger partial charge in [0.05, 0.1) is 19.3 Å². The fourth-order valence-electron chi connectivity index (χ4n) is 4.04. The Morgan fingerprint density at radius 2 is 2.00 bits per heavy atom. The van der Waals surface area contributed by atoms with E-state index in [-0.39, 0.29) is 5.91 Å². The van der Waals surface area contributed by atoms with E-state index in [0.717, 1.165) is 24.3 Å². The van der Waals surface area contributed by atoms with E-state index in [2.05, 4.69) is 15.1 Å². The third-order valence-corrected chi connectivity index (χ3v) is 5.39. The summed E-state index contributed by atoms with van der Waals surface area (Å²) in [5, 5.41) is 3.03. The number of anilines is 1. The number of carbonyl (C=O) groups excluding carboxylic acids is 1. The highest BCUT2D eigenvalue weighted by Gasteiger charge is 2.28. The van der Waals surface area contributed by atoms with Gasteiger partial charge in [0, 0.05) is 12.6 Å². The van der Waals surface area contributed by atoms with Crippen molar-refractivity contribution in [3.05, 3.63) is 23.8 Å². The number of hydrogen-bond donors (Lipinski definition) is 1. The van der Waals surface area contributed by atoms with Crippen LogP contribution in [0.15, 0.2) is 18.2 Å². The van der Waals surface area contributed by atoms with E-state index >= 15 is 0 Å². The van der Waals surface area contributed by atoms with Gasteiger partial charge in [-0.1, -0.05) is 12.5 Å². The zero-order valence-electron chi connectivity index (χ0n) is 15.6. The maximum atomic E-state index is 12.6. The highest BCUT2D eigenvalue weighted by atomic mass is 16.5. The van der Waals surface area contributed by atoms with Crippen molar-refractivity contribution in [2.24, 2.45) is 0 Å². The molecule has 1 N–H and O–H groups in total. The third-order valence-electron chi connectivity index (χ3n) is 5.39. The largest absolute Gasteiger partial charge is 0.495 e. The van der Waals surface area contributed by atoms with Crippen LogP contribution >= 0.6 is 0 Å². The summed E-state index contributed by atoms with van der Waals surface area (Å²) in [5.74, 6) is 0.764. The van der Waals surface area contributed by atoms with Gasteiger partial charge in [-0.3, -0.25) is 9.69 Å². The Hall–Kier alpha value is -1.59. The van der Waals surface area contributed by atoms with Crippen molar-refractivity contribution in [1.29, 1.82) is 0 Å². The van der Waals surface area contributed by atoms with Crippen LogP contribution in [0.2, 0.25) is 0 Å². The first-order valence-corrected chi connectivity index (χ1v) is 9.56. The normalized spacial score (nSPS) is 22.1. The van der Waals surface area contributed by atoms with Crippen molar-refractivity contribution in [3.8, 4) is 5.75 Å². The molecule has 2 saturated heterocycles. The van der Waals surface area contributed by atoms with Gasteiger partial charge in [-0.05, 0) is 69.9 Å². The molecule has 0 bridgehead atoms. The lowest BCUT2D eigenvalue weighted by Gasteiger charge is -2.32. The van der Waals surface area contributed by atoms with Gasteiger partial charge in [0.15, 0.2) is 0 Å². The summed E-state index contributed by atoms with van der Waals surface area (Å²) in [6.45, 7) is 7.06. The van der Waals surface area contributed by atoms with Crippen molar-refractivity contribution in [1.82, 2.24) is 9.80 Å². The van der Waals surface area contributed by atoms with Crippen LogP contribution in [0.4, 0.5) is 5.69 Å². The number of likely N-dealkylation sites (tertiary alicyclic amines) is 2. The van der Waals surface area contributed by atoms with Crippen LogP contribution in [-0.4, -0.2) is 61.6 Å². The molecule has 2 aliphatic rings. The molecular weight excluding hydrogens is 314 g/mol. The number of ether oxygens (including phenoxy) is 1. The fraction of sp³-hybridized carbons (Fsp3) is 0.650. The number of methoxy groups -OCH3 is 1. The number of nitrogens with one attached hydrogen (secondary N) is 1. The number of amides is 1. The second-order valence-electron chi connectivity index (χ2n) is 7.38. The molecule has 138 valence electrons. The number of hydrogen-bond acceptors (Lipinski definition) is 4. The Kier molecular flexibility index (Phi) is 6.32. The summed E-state index contributed by atoms with van der Waals surface area (Å²) in [4.78, 5) is 17.5. The molecule has 2 aliphatic heterocycles. The summed E-state index contributed by atoms with van der Waals surface area (Å²) in [7, 11) is 1.63. The number of nitrogens with zero attached hydrogens (tertiary/aromatic N) is 2. The fourth-order valence-corrected chi connectivity index (χ4v) is 4.04. The second kappa shape index (κ2) is 8.68. The maximum Gasteiger partial charge on any atom is 0.238 e. The highest BCUT2D eigenvalue weighted by molar-refractivity contribution is 5.93. The van der Waals surface area contributed by atoms with Gasteiger partial charge in [-0.15, -0.1) is 0 Å². The molecule has 1 atom stereocenters. The minimum Gasteiger partial charge on any atom is -0.495 e. The molecule has 0 radical (unpaired) electrons. The van der Waals surface area contributed by atoms with E-state index in [1.165, 1.54) is 45.2 Å². The van der Waals surface area contributed by atoms with Gasteiger partial charge in [-0.2, -0.15) is 0 Å². The number of rotatable bonds is 6. The monoisotopic (exact) mass is 345 g/mol. The SMILES string of the molecule is COc1ccc(C)cc1NC(=O)CN1CCCC1CN1CCCCC1. The molecule has 3 rings (SSSR count). The van der Waals surface area contributed by atoms with E-state index in [4.69, 9.17) is 4.74 Å². The summed E-state index contributed by atoms with van der Waals surface area (Å²) >= 11 is 0. The molecule has 5 heteroatoms. The van der Waals surface area contributed by atoms with Crippen LogP contribution in [0.1, 0.15) is 37.7 Å². The van der Waals surface area contributed by atoms with Crippen molar-refractivity contribution in [2.45, 2.75) is 45.1 Å². The molecule has 2 heterocycles. The quantitative estimate of drug-likeness (QED) is 0.861. The molecule has 5 nitrogen and oxygen atoms in total. The number of benzene rings is 1. The molecule has 0 saturated carbocycles. The first-order valence-electron chi connectivity index (χ1n) is 9.56. The number of piperidine rings is 1. The lowest BCUT2D eigenvalue weighted by Crippen LogP contribution is -2.44. The minimum absolute atomic E-state index is 0.0504. The van der Waals surface area contributed by atoms with Crippen LogP contribution in [0, 0.1) is 6.92 Å². The average molecular weight is 345 g/mol. The maximum absolute atomic E-state index is 12.6. The molecule has 0 spiro atoms. The zero-order chi connectivity index (χ0) is 17.6. The lowest BCUT2D eigenvalue weighted by molar-refractivity contribution is -0.117. The number of carbonyl (C=O) groups is 1. The molecule has 0 aromatic heterocycles. The Balaban J connectivity index is 1.55. The predicted molar refractivity (Wildman–Crippen MR) is 101 cm³/mol. The van der Waals surface area contributed by atoms with E-state index in [9.17, 15) is 4.79 Å². The molecule has 25 heavy (non-hydrogen) atoms. The van der Waals surface area contributed by atoms with Gasteiger partial charge in [-0.25, -0.2) is 0 Å². The summed E-state index contributed by atoms with van der Waals surface area (Å²) in [5.41, 5.74) is 1.87. The minimum atomic E-state index is 0.0504. The van der Waals surface area contributed by atoms with Gasteiger partial charge >= 0.3 is 0 Å². The van der Waals surface area contributed by atoms with Gasteiger partial charge in [0.1, 0.15) is 5.75 Å². The van der Waals surface area contributed by atoms with Gasteiger partial charge in [0.25, 0.3) is 0 Å². The van der Waals surface area contributed by atoms with E-state index < -0.39 is 0 Å². The first kappa shape index (κ1) is 18.2. The third kappa shape index (κ3) is 4.95. The van der Waals surface area contributed by atoms with E-state index in [1.807, 2.05) is 25.1 Å². The van der Waals surface area contributed by atoms with Gasteiger partial charge in [0.2, 0.25) is 5.91 Å². The van der Waals surface area contributed by atoms with E-state index in [1.54, 1.807) is 7.11 Å². The topological polar surface area (TPSA) is 44.8 Å². The molecule has 1 aromatic carbocycles. The van der Waals surface area contributed by atoms with E-state index in [0.29, 0.717) is 18.3 Å². The standard InChI is InChI=1S/C20H31N3O2/c1-16-8-9-19(25-2)18(13-16)21-20(24)15-23-12-6-7-17(23)14-22-10-4-3-5-11-22/h8-9,13,17H,3-7,10-12,14-15H2,1-2H3,(H,21,24).